The Morgan fingerprint density at radius 2 is 1.97 bits per heavy atom. The predicted molar refractivity (Wildman–Crippen MR) is 151 cm³/mol. The van der Waals surface area contributed by atoms with E-state index in [0.29, 0.717) is 37.7 Å². The quantitative estimate of drug-likeness (QED) is 0.332. The van der Waals surface area contributed by atoms with Gasteiger partial charge in [-0.05, 0) is 67.3 Å². The van der Waals surface area contributed by atoms with Gasteiger partial charge in [0.05, 0.1) is 13.7 Å². The van der Waals surface area contributed by atoms with Gasteiger partial charge < -0.3 is 23.8 Å². The van der Waals surface area contributed by atoms with Gasteiger partial charge >= 0.3 is 6.03 Å². The van der Waals surface area contributed by atoms with E-state index in [0.717, 1.165) is 47.0 Å². The first-order valence-corrected chi connectivity index (χ1v) is 13.9. The summed E-state index contributed by atoms with van der Waals surface area (Å²) in [7, 11) is 5.13. The van der Waals surface area contributed by atoms with Gasteiger partial charge in [-0.25, -0.2) is 9.78 Å². The molecular weight excluding hydrogens is 494 g/mol. The number of fused-ring (bicyclic) bond motifs is 1. The van der Waals surface area contributed by atoms with Gasteiger partial charge in [-0.1, -0.05) is 6.92 Å². The zero-order chi connectivity index (χ0) is 27.5. The van der Waals surface area contributed by atoms with Crippen molar-refractivity contribution in [2.24, 2.45) is 11.8 Å². The van der Waals surface area contributed by atoms with Gasteiger partial charge in [0.2, 0.25) is 5.91 Å². The highest BCUT2D eigenvalue weighted by Gasteiger charge is 2.31. The van der Waals surface area contributed by atoms with Gasteiger partial charge in [-0.15, -0.1) is 0 Å². The predicted octanol–water partition coefficient (Wildman–Crippen LogP) is 4.78. The molecule has 0 N–H and O–H groups in total. The summed E-state index contributed by atoms with van der Waals surface area (Å²) in [5.41, 5.74) is 2.57. The van der Waals surface area contributed by atoms with Crippen LogP contribution in [0.3, 0.4) is 0 Å². The first kappa shape index (κ1) is 26.8. The Bertz CT molecular complexity index is 1340. The number of hydrogen-bond acceptors (Lipinski definition) is 5. The number of likely N-dealkylation sites (N-methyl/N-ethyl adjacent to an activating group) is 1. The zero-order valence-corrected chi connectivity index (χ0v) is 23.4. The summed E-state index contributed by atoms with van der Waals surface area (Å²) in [4.78, 5) is 35.7. The topological polar surface area (TPSA) is 80.1 Å². The minimum Gasteiger partial charge on any atom is -0.493 e. The number of aromatic nitrogens is 2. The van der Waals surface area contributed by atoms with E-state index >= 15 is 0 Å². The van der Waals surface area contributed by atoms with Gasteiger partial charge in [0.25, 0.3) is 0 Å². The van der Waals surface area contributed by atoms with E-state index in [-0.39, 0.29) is 18.5 Å². The van der Waals surface area contributed by atoms with Crippen LogP contribution in [-0.4, -0.2) is 72.2 Å². The van der Waals surface area contributed by atoms with Gasteiger partial charge in [0.1, 0.15) is 12.2 Å². The van der Waals surface area contributed by atoms with Crippen molar-refractivity contribution >= 4 is 28.7 Å². The Morgan fingerprint density at radius 3 is 2.72 bits per heavy atom. The molecule has 39 heavy (non-hydrogen) atoms. The first-order valence-electron chi connectivity index (χ1n) is 13.9. The van der Waals surface area contributed by atoms with E-state index in [1.807, 2.05) is 50.9 Å². The fraction of sp³-hybridized carbons (Fsp3) is 0.500. The summed E-state index contributed by atoms with van der Waals surface area (Å²) in [5.74, 6) is 3.05. The molecule has 0 unspecified atom stereocenters. The molecule has 2 aromatic heterocycles. The molecule has 2 fully saturated rings. The number of pyridine rings is 1. The number of carbonyl (C=O) groups is 2. The molecule has 0 spiro atoms. The number of nitrogens with zero attached hydrogens (tertiary/aromatic N) is 5. The average Bonchev–Trinajstić information content (AvgIpc) is 3.48. The molecule has 1 aromatic carbocycles. The minimum absolute atomic E-state index is 0.00176. The van der Waals surface area contributed by atoms with Crippen LogP contribution in [0, 0.1) is 11.8 Å². The largest absolute Gasteiger partial charge is 0.493 e. The third kappa shape index (κ3) is 5.97. The lowest BCUT2D eigenvalue weighted by molar-refractivity contribution is -0.129. The smallest absolute Gasteiger partial charge is 0.324 e. The van der Waals surface area contributed by atoms with E-state index in [1.54, 1.807) is 32.3 Å². The van der Waals surface area contributed by atoms with Crippen LogP contribution < -0.4 is 14.4 Å². The molecule has 3 heterocycles. The van der Waals surface area contributed by atoms with E-state index in [1.165, 1.54) is 12.8 Å². The van der Waals surface area contributed by atoms with E-state index in [2.05, 4.69) is 11.9 Å². The Balaban J connectivity index is 1.28. The van der Waals surface area contributed by atoms with Gasteiger partial charge in [-0.2, -0.15) is 0 Å². The number of urea groups is 1. The number of benzene rings is 1. The molecule has 1 aliphatic carbocycles. The molecule has 1 aliphatic heterocycles. The van der Waals surface area contributed by atoms with Crippen molar-refractivity contribution < 1.29 is 19.1 Å². The van der Waals surface area contributed by atoms with Gasteiger partial charge in [-0.3, -0.25) is 9.69 Å². The fourth-order valence-corrected chi connectivity index (χ4v) is 5.35. The number of ether oxygens (including phenoxy) is 2. The third-order valence-corrected chi connectivity index (χ3v) is 7.94. The molecule has 208 valence electrons. The Kier molecular flexibility index (Phi) is 7.95. The molecule has 3 aromatic rings. The maximum Gasteiger partial charge on any atom is 0.324 e. The van der Waals surface area contributed by atoms with Crippen molar-refractivity contribution in [3.05, 3.63) is 48.3 Å². The Morgan fingerprint density at radius 1 is 1.15 bits per heavy atom. The molecule has 3 amide bonds. The Hall–Kier alpha value is -3.75. The van der Waals surface area contributed by atoms with Crippen molar-refractivity contribution in [2.75, 3.05) is 45.8 Å². The van der Waals surface area contributed by atoms with Crippen molar-refractivity contribution in [3.63, 3.8) is 0 Å². The summed E-state index contributed by atoms with van der Waals surface area (Å²) in [6.07, 6.45) is 8.04. The highest BCUT2D eigenvalue weighted by atomic mass is 16.5. The van der Waals surface area contributed by atoms with Crippen molar-refractivity contribution in [1.29, 1.82) is 0 Å². The number of rotatable bonds is 11. The summed E-state index contributed by atoms with van der Waals surface area (Å²) < 4.78 is 13.5. The van der Waals surface area contributed by atoms with E-state index < -0.39 is 0 Å². The van der Waals surface area contributed by atoms with Crippen LogP contribution in [-0.2, 0) is 17.9 Å². The standard InChI is InChI=1S/C30H39N5O4/c1-21-17-22(21)7-5-16-39-27-18-24(8-9-26(27)38-4)35-14-6-13-34(30(35)37)19-23-10-12-31-29-25(23)11-15-33(29)20-28(36)32(2)3/h8-12,15,18,21-22H,5-7,13-14,16-17,19-20H2,1-4H3/t21-,22+/m1/s1. The number of amides is 3. The molecule has 0 radical (unpaired) electrons. The van der Waals surface area contributed by atoms with Crippen molar-refractivity contribution in [1.82, 2.24) is 19.4 Å². The second kappa shape index (κ2) is 11.6. The Labute approximate surface area is 230 Å². The van der Waals surface area contributed by atoms with Crippen LogP contribution in [0.1, 0.15) is 38.2 Å². The summed E-state index contributed by atoms with van der Waals surface area (Å²) in [5, 5.41) is 0.953. The second-order valence-electron chi connectivity index (χ2n) is 10.9. The lowest BCUT2D eigenvalue weighted by atomic mass is 10.1. The molecule has 5 rings (SSSR count). The molecule has 2 aliphatic rings. The van der Waals surface area contributed by atoms with Crippen LogP contribution in [0.25, 0.3) is 11.0 Å². The lowest BCUT2D eigenvalue weighted by Crippen LogP contribution is -2.49. The third-order valence-electron chi connectivity index (χ3n) is 7.94. The molecule has 0 bridgehead atoms. The maximum atomic E-state index is 13.6. The summed E-state index contributed by atoms with van der Waals surface area (Å²) in [6, 6.07) is 9.62. The summed E-state index contributed by atoms with van der Waals surface area (Å²) in [6.45, 7) is 4.97. The van der Waals surface area contributed by atoms with Crippen molar-refractivity contribution in [3.8, 4) is 11.5 Å². The van der Waals surface area contributed by atoms with Crippen LogP contribution in [0.4, 0.5) is 10.5 Å². The SMILES string of the molecule is COc1ccc(N2CCCN(Cc3ccnc4c3ccn4CC(=O)N(C)C)C2=O)cc1OCCC[C@H]1C[C@H]1C. The monoisotopic (exact) mass is 533 g/mol. The van der Waals surface area contributed by atoms with Crippen LogP contribution >= 0.6 is 0 Å². The van der Waals surface area contributed by atoms with Gasteiger partial charge in [0, 0.05) is 63.3 Å². The molecule has 2 atom stereocenters. The first-order chi connectivity index (χ1) is 18.9. The average molecular weight is 534 g/mol. The molecular formula is C30H39N5O4. The minimum atomic E-state index is -0.0349. The highest BCUT2D eigenvalue weighted by molar-refractivity contribution is 5.93. The highest BCUT2D eigenvalue weighted by Crippen LogP contribution is 2.41. The molecule has 9 heteroatoms. The van der Waals surface area contributed by atoms with E-state index in [4.69, 9.17) is 9.47 Å². The fourth-order valence-electron chi connectivity index (χ4n) is 5.35. The maximum absolute atomic E-state index is 13.6. The van der Waals surface area contributed by atoms with Crippen LogP contribution in [0.5, 0.6) is 11.5 Å². The molecule has 1 saturated heterocycles. The van der Waals surface area contributed by atoms with Gasteiger partial charge in [0.15, 0.2) is 11.5 Å². The number of carbonyl (C=O) groups excluding carboxylic acids is 2. The summed E-state index contributed by atoms with van der Waals surface area (Å²) >= 11 is 0. The van der Waals surface area contributed by atoms with E-state index in [9.17, 15) is 9.59 Å². The number of anilines is 1. The van der Waals surface area contributed by atoms with Crippen LogP contribution in [0.2, 0.25) is 0 Å². The second-order valence-corrected chi connectivity index (χ2v) is 10.9. The normalized spacial score (nSPS) is 18.9. The van der Waals surface area contributed by atoms with Crippen molar-refractivity contribution in [2.45, 2.75) is 45.7 Å². The lowest BCUT2D eigenvalue weighted by Gasteiger charge is -2.36. The number of hydrogen-bond donors (Lipinski definition) is 0. The molecule has 1 saturated carbocycles. The van der Waals surface area contributed by atoms with Crippen LogP contribution in [0.15, 0.2) is 42.7 Å². The number of methoxy groups -OCH3 is 1. The molecule has 9 nitrogen and oxygen atoms in total. The zero-order valence-electron chi connectivity index (χ0n) is 23.4.